The number of rotatable bonds is 2. The summed E-state index contributed by atoms with van der Waals surface area (Å²) in [5.74, 6) is -0.161. The van der Waals surface area contributed by atoms with Crippen molar-refractivity contribution in [2.24, 2.45) is 0 Å². The van der Waals surface area contributed by atoms with Crippen LogP contribution in [0.2, 0.25) is 0 Å². The van der Waals surface area contributed by atoms with Crippen molar-refractivity contribution in [3.05, 3.63) is 52.8 Å². The van der Waals surface area contributed by atoms with Gasteiger partial charge in [-0.15, -0.1) is 0 Å². The molecule has 19 heavy (non-hydrogen) atoms. The first kappa shape index (κ1) is 13.4. The second kappa shape index (κ2) is 4.92. The smallest absolute Gasteiger partial charge is 0.181 e. The maximum Gasteiger partial charge on any atom is 0.181 e. The second-order valence-electron chi connectivity index (χ2n) is 5.11. The predicted octanol–water partition coefficient (Wildman–Crippen LogP) is 2.92. The molecule has 0 fully saturated rings. The number of aryl methyl sites for hydroxylation is 3. The second-order valence-corrected chi connectivity index (χ2v) is 5.11. The molecule has 0 aliphatic rings. The molecule has 2 rings (SSSR count). The highest BCUT2D eigenvalue weighted by Crippen LogP contribution is 2.27. The molecule has 1 atom stereocenters. The van der Waals surface area contributed by atoms with Gasteiger partial charge in [0.05, 0.1) is 0 Å². The van der Waals surface area contributed by atoms with E-state index in [0.29, 0.717) is 0 Å². The summed E-state index contributed by atoms with van der Waals surface area (Å²) in [4.78, 5) is 0. The van der Waals surface area contributed by atoms with Gasteiger partial charge in [-0.05, 0) is 30.7 Å². The van der Waals surface area contributed by atoms with Crippen LogP contribution in [0.3, 0.4) is 0 Å². The molecule has 0 aliphatic carbocycles. The quantitative estimate of drug-likeness (QED) is 0.642. The molecule has 100 valence electrons. The zero-order valence-electron chi connectivity index (χ0n) is 11.8. The van der Waals surface area contributed by atoms with Crippen molar-refractivity contribution in [3.8, 4) is 11.5 Å². The van der Waals surface area contributed by atoms with Crippen LogP contribution >= 0.6 is 0 Å². The van der Waals surface area contributed by atoms with Gasteiger partial charge < -0.3 is 10.2 Å². The third-order valence-corrected chi connectivity index (χ3v) is 3.50. The van der Waals surface area contributed by atoms with Gasteiger partial charge in [0.2, 0.25) is 0 Å². The topological polar surface area (TPSA) is 44.3 Å². The summed E-state index contributed by atoms with van der Waals surface area (Å²) in [6, 6.07) is 9.37. The summed E-state index contributed by atoms with van der Waals surface area (Å²) in [6.07, 6.45) is 0. The van der Waals surface area contributed by atoms with E-state index in [9.17, 15) is 10.2 Å². The summed E-state index contributed by atoms with van der Waals surface area (Å²) in [5, 5.41) is 19.0. The van der Waals surface area contributed by atoms with Gasteiger partial charge in [0, 0.05) is 38.5 Å². The Balaban J connectivity index is 2.49. The molecule has 2 N–H and O–H groups in total. The number of hydrogen-bond donors (Lipinski definition) is 2. The Morgan fingerprint density at radius 1 is 0.895 bits per heavy atom. The van der Waals surface area contributed by atoms with Crippen LogP contribution in [0, 0.1) is 20.8 Å². The Labute approximate surface area is 113 Å². The maximum absolute atomic E-state index is 9.62. The number of aromatic hydroxyl groups is 2. The average molecular weight is 258 g/mol. The van der Waals surface area contributed by atoms with E-state index in [0.717, 1.165) is 5.56 Å². The molecule has 0 amide bonds. The van der Waals surface area contributed by atoms with Crippen molar-refractivity contribution in [2.75, 3.05) is 0 Å². The zero-order chi connectivity index (χ0) is 14.2. The summed E-state index contributed by atoms with van der Waals surface area (Å²) in [6.45, 7) is 8.33. The maximum atomic E-state index is 9.62. The Kier molecular flexibility index (Phi) is 3.47. The highest BCUT2D eigenvalue weighted by atomic mass is 16.3. The Bertz CT molecular complexity index is 597. The molecule has 1 unspecified atom stereocenters. The van der Waals surface area contributed by atoms with Crippen LogP contribution in [0.15, 0.2) is 30.3 Å². The van der Waals surface area contributed by atoms with Crippen molar-refractivity contribution in [1.29, 1.82) is 0 Å². The standard InChI is InChI=1S/C16H19NO2/c1-10-7-11(2)17(12(3)8-10)13(4)14-5-6-15(18)16(19)9-14/h5-9,13H,1-4H3,(H-,18,19)/p+1. The Morgan fingerprint density at radius 2 is 1.47 bits per heavy atom. The lowest BCUT2D eigenvalue weighted by atomic mass is 10.1. The minimum absolute atomic E-state index is 0.0765. The van der Waals surface area contributed by atoms with Crippen LogP contribution in [0.5, 0.6) is 11.5 Å². The molecule has 0 radical (unpaired) electrons. The monoisotopic (exact) mass is 258 g/mol. The molecule has 1 aromatic heterocycles. The van der Waals surface area contributed by atoms with Crippen molar-refractivity contribution >= 4 is 0 Å². The largest absolute Gasteiger partial charge is 0.504 e. The lowest BCUT2D eigenvalue weighted by molar-refractivity contribution is -0.721. The number of phenols is 2. The third-order valence-electron chi connectivity index (χ3n) is 3.50. The molecule has 3 heteroatoms. The van der Waals surface area contributed by atoms with Gasteiger partial charge in [-0.1, -0.05) is 0 Å². The van der Waals surface area contributed by atoms with E-state index in [1.807, 2.05) is 6.07 Å². The molecule has 0 saturated carbocycles. The summed E-state index contributed by atoms with van der Waals surface area (Å²) in [7, 11) is 0. The molecule has 1 heterocycles. The first-order valence-corrected chi connectivity index (χ1v) is 6.41. The highest BCUT2D eigenvalue weighted by molar-refractivity contribution is 5.41. The van der Waals surface area contributed by atoms with Crippen LogP contribution in [-0.2, 0) is 0 Å². The molecular weight excluding hydrogens is 238 g/mol. The van der Waals surface area contributed by atoms with E-state index in [1.54, 1.807) is 6.07 Å². The van der Waals surface area contributed by atoms with E-state index in [4.69, 9.17) is 0 Å². The normalized spacial score (nSPS) is 12.4. The summed E-state index contributed by atoms with van der Waals surface area (Å²) in [5.41, 5.74) is 4.57. The van der Waals surface area contributed by atoms with E-state index >= 15 is 0 Å². The third kappa shape index (κ3) is 2.55. The van der Waals surface area contributed by atoms with Crippen molar-refractivity contribution in [3.63, 3.8) is 0 Å². The molecule has 0 aliphatic heterocycles. The van der Waals surface area contributed by atoms with Gasteiger partial charge in [0.1, 0.15) is 0 Å². The molecule has 0 bridgehead atoms. The van der Waals surface area contributed by atoms with Gasteiger partial charge in [0.15, 0.2) is 28.9 Å². The van der Waals surface area contributed by atoms with E-state index in [2.05, 4.69) is 44.4 Å². The fourth-order valence-corrected chi connectivity index (χ4v) is 2.68. The number of nitrogens with zero attached hydrogens (tertiary/aromatic N) is 1. The average Bonchev–Trinajstić information content (AvgIpc) is 2.31. The lowest BCUT2D eigenvalue weighted by Gasteiger charge is -2.13. The van der Waals surface area contributed by atoms with Gasteiger partial charge in [0.25, 0.3) is 0 Å². The first-order valence-electron chi connectivity index (χ1n) is 6.41. The van der Waals surface area contributed by atoms with E-state index < -0.39 is 0 Å². The fourth-order valence-electron chi connectivity index (χ4n) is 2.68. The predicted molar refractivity (Wildman–Crippen MR) is 74.4 cm³/mol. The van der Waals surface area contributed by atoms with Gasteiger partial charge in [-0.3, -0.25) is 0 Å². The first-order chi connectivity index (χ1) is 8.90. The van der Waals surface area contributed by atoms with Crippen LogP contribution in [-0.4, -0.2) is 10.2 Å². The Morgan fingerprint density at radius 3 is 2.00 bits per heavy atom. The van der Waals surface area contributed by atoms with Crippen molar-refractivity contribution in [1.82, 2.24) is 0 Å². The fraction of sp³-hybridized carbons (Fsp3) is 0.312. The number of benzene rings is 1. The van der Waals surface area contributed by atoms with Gasteiger partial charge >= 0.3 is 0 Å². The SMILES string of the molecule is Cc1cc(C)[n+](C(C)c2ccc(O)c(O)c2)c(C)c1. The summed E-state index contributed by atoms with van der Waals surface area (Å²) >= 11 is 0. The molecule has 1 aromatic carbocycles. The van der Waals surface area contributed by atoms with Crippen LogP contribution < -0.4 is 4.57 Å². The van der Waals surface area contributed by atoms with Crippen molar-refractivity contribution in [2.45, 2.75) is 33.7 Å². The number of pyridine rings is 1. The minimum Gasteiger partial charge on any atom is -0.504 e. The van der Waals surface area contributed by atoms with Crippen LogP contribution in [0.25, 0.3) is 0 Å². The van der Waals surface area contributed by atoms with Gasteiger partial charge in [-0.25, -0.2) is 0 Å². The zero-order valence-corrected chi connectivity index (χ0v) is 11.8. The number of phenolic OH excluding ortho intramolecular Hbond substituents is 2. The number of aromatic nitrogens is 1. The molecular formula is C16H20NO2+. The molecule has 2 aromatic rings. The number of hydrogen-bond acceptors (Lipinski definition) is 2. The highest BCUT2D eigenvalue weighted by Gasteiger charge is 2.22. The van der Waals surface area contributed by atoms with Gasteiger partial charge in [-0.2, -0.15) is 4.57 Å². The summed E-state index contributed by atoms with van der Waals surface area (Å²) < 4.78 is 2.22. The molecule has 0 spiro atoms. The lowest BCUT2D eigenvalue weighted by Crippen LogP contribution is -2.44. The van der Waals surface area contributed by atoms with E-state index in [1.165, 1.54) is 23.0 Å². The van der Waals surface area contributed by atoms with Crippen molar-refractivity contribution < 1.29 is 14.8 Å². The minimum atomic E-state index is -0.0849. The Hall–Kier alpha value is -2.03. The molecule has 3 nitrogen and oxygen atoms in total. The van der Waals surface area contributed by atoms with Crippen LogP contribution in [0.1, 0.15) is 35.5 Å². The molecule has 0 saturated heterocycles. The van der Waals surface area contributed by atoms with Crippen LogP contribution in [0.4, 0.5) is 0 Å². The van der Waals surface area contributed by atoms with E-state index in [-0.39, 0.29) is 17.5 Å².